The summed E-state index contributed by atoms with van der Waals surface area (Å²) in [6.45, 7) is 9.46. The molecule has 0 atom stereocenters. The first-order valence-corrected chi connectivity index (χ1v) is 6.70. The zero-order chi connectivity index (χ0) is 14.5. The summed E-state index contributed by atoms with van der Waals surface area (Å²) in [6.07, 6.45) is 1.01. The molecule has 0 fully saturated rings. The van der Waals surface area contributed by atoms with Crippen LogP contribution in [0.1, 0.15) is 44.5 Å². The van der Waals surface area contributed by atoms with Gasteiger partial charge in [0.1, 0.15) is 5.75 Å². The van der Waals surface area contributed by atoms with Crippen LogP contribution in [0.15, 0.2) is 18.2 Å². The number of nitrogen functional groups attached to an aromatic ring is 1. The minimum absolute atomic E-state index is 0.101. The maximum Gasteiger partial charge on any atom is 0.251 e. The van der Waals surface area contributed by atoms with Crippen LogP contribution < -0.4 is 15.8 Å². The molecule has 1 aromatic carbocycles. The molecule has 0 unspecified atom stereocenters. The van der Waals surface area contributed by atoms with Crippen LogP contribution in [-0.4, -0.2) is 19.1 Å². The number of carbonyl (C=O) groups is 1. The Morgan fingerprint density at radius 3 is 2.58 bits per heavy atom. The lowest BCUT2D eigenvalue weighted by Gasteiger charge is -2.22. The standard InChI is InChI=1S/C15H24N2O2/c1-5-15(3,4)10-17-14(18)11-7-8-13(19-6-2)12(16)9-11/h7-9H,5-6,10,16H2,1-4H3,(H,17,18). The average molecular weight is 264 g/mol. The molecular formula is C15H24N2O2. The third-order valence-corrected chi connectivity index (χ3v) is 3.26. The van der Waals surface area contributed by atoms with Crippen LogP contribution in [0.5, 0.6) is 5.75 Å². The first-order valence-electron chi connectivity index (χ1n) is 6.70. The fourth-order valence-corrected chi connectivity index (χ4v) is 1.52. The van der Waals surface area contributed by atoms with Gasteiger partial charge in [-0.05, 0) is 37.0 Å². The molecule has 0 heterocycles. The predicted molar refractivity (Wildman–Crippen MR) is 78.4 cm³/mol. The van der Waals surface area contributed by atoms with Crippen LogP contribution >= 0.6 is 0 Å². The van der Waals surface area contributed by atoms with Gasteiger partial charge < -0.3 is 15.8 Å². The van der Waals surface area contributed by atoms with Gasteiger partial charge in [-0.1, -0.05) is 20.8 Å². The van der Waals surface area contributed by atoms with E-state index in [0.717, 1.165) is 6.42 Å². The van der Waals surface area contributed by atoms with Crippen molar-refractivity contribution < 1.29 is 9.53 Å². The van der Waals surface area contributed by atoms with Crippen LogP contribution in [0.25, 0.3) is 0 Å². The topological polar surface area (TPSA) is 64.3 Å². The molecule has 0 aromatic heterocycles. The molecule has 3 N–H and O–H groups in total. The highest BCUT2D eigenvalue weighted by Gasteiger charge is 2.17. The SMILES string of the molecule is CCOc1ccc(C(=O)NCC(C)(C)CC)cc1N. The number of amides is 1. The number of hydrogen-bond donors (Lipinski definition) is 2. The lowest BCUT2D eigenvalue weighted by Crippen LogP contribution is -2.33. The molecule has 0 radical (unpaired) electrons. The van der Waals surface area contributed by atoms with E-state index < -0.39 is 0 Å². The molecule has 0 aliphatic rings. The minimum atomic E-state index is -0.101. The van der Waals surface area contributed by atoms with Crippen molar-refractivity contribution in [3.05, 3.63) is 23.8 Å². The Balaban J connectivity index is 2.70. The van der Waals surface area contributed by atoms with Gasteiger partial charge in [0.05, 0.1) is 12.3 Å². The highest BCUT2D eigenvalue weighted by atomic mass is 16.5. The second-order valence-corrected chi connectivity index (χ2v) is 5.39. The molecule has 1 aromatic rings. The molecule has 1 amide bonds. The molecule has 0 aliphatic carbocycles. The molecule has 19 heavy (non-hydrogen) atoms. The lowest BCUT2D eigenvalue weighted by molar-refractivity contribution is 0.0935. The number of nitrogens with one attached hydrogen (secondary N) is 1. The van der Waals surface area contributed by atoms with Gasteiger partial charge in [0.2, 0.25) is 0 Å². The second-order valence-electron chi connectivity index (χ2n) is 5.39. The Morgan fingerprint density at radius 1 is 1.37 bits per heavy atom. The maximum atomic E-state index is 12.0. The van der Waals surface area contributed by atoms with Crippen LogP contribution in [0, 0.1) is 5.41 Å². The van der Waals surface area contributed by atoms with Gasteiger partial charge in [0.15, 0.2) is 0 Å². The maximum absolute atomic E-state index is 12.0. The van der Waals surface area contributed by atoms with Crippen molar-refractivity contribution in [1.29, 1.82) is 0 Å². The van der Waals surface area contributed by atoms with Gasteiger partial charge in [0.25, 0.3) is 5.91 Å². The van der Waals surface area contributed by atoms with E-state index in [-0.39, 0.29) is 11.3 Å². The van der Waals surface area contributed by atoms with E-state index in [1.54, 1.807) is 18.2 Å². The average Bonchev–Trinajstić information content (AvgIpc) is 2.38. The Labute approximate surface area is 115 Å². The van der Waals surface area contributed by atoms with E-state index in [4.69, 9.17) is 10.5 Å². The summed E-state index contributed by atoms with van der Waals surface area (Å²) in [5.74, 6) is 0.518. The number of anilines is 1. The summed E-state index contributed by atoms with van der Waals surface area (Å²) in [6, 6.07) is 5.12. The first-order chi connectivity index (χ1) is 8.89. The van der Waals surface area contributed by atoms with E-state index in [9.17, 15) is 4.79 Å². The Morgan fingerprint density at radius 2 is 2.05 bits per heavy atom. The van der Waals surface area contributed by atoms with Crippen LogP contribution in [0.2, 0.25) is 0 Å². The van der Waals surface area contributed by atoms with Crippen LogP contribution in [0.3, 0.4) is 0 Å². The number of ether oxygens (including phenoxy) is 1. The fraction of sp³-hybridized carbons (Fsp3) is 0.533. The van der Waals surface area contributed by atoms with E-state index in [0.29, 0.717) is 30.2 Å². The summed E-state index contributed by atoms with van der Waals surface area (Å²) in [5.41, 5.74) is 7.00. The summed E-state index contributed by atoms with van der Waals surface area (Å²) in [5, 5.41) is 2.93. The molecule has 106 valence electrons. The normalized spacial score (nSPS) is 11.2. The molecule has 0 bridgehead atoms. The monoisotopic (exact) mass is 264 g/mol. The van der Waals surface area contributed by atoms with E-state index >= 15 is 0 Å². The van der Waals surface area contributed by atoms with Crippen molar-refractivity contribution >= 4 is 11.6 Å². The number of benzene rings is 1. The third-order valence-electron chi connectivity index (χ3n) is 3.26. The summed E-state index contributed by atoms with van der Waals surface area (Å²) in [4.78, 5) is 12.0. The Hall–Kier alpha value is -1.71. The molecule has 0 aliphatic heterocycles. The molecule has 0 saturated carbocycles. The van der Waals surface area contributed by atoms with Crippen LogP contribution in [0.4, 0.5) is 5.69 Å². The van der Waals surface area contributed by atoms with Gasteiger partial charge in [-0.2, -0.15) is 0 Å². The lowest BCUT2D eigenvalue weighted by atomic mass is 9.90. The fourth-order valence-electron chi connectivity index (χ4n) is 1.52. The van der Waals surface area contributed by atoms with Gasteiger partial charge in [0, 0.05) is 12.1 Å². The second kappa shape index (κ2) is 6.45. The van der Waals surface area contributed by atoms with E-state index in [1.807, 2.05) is 6.92 Å². The number of rotatable bonds is 6. The first kappa shape index (κ1) is 15.3. The van der Waals surface area contributed by atoms with Gasteiger partial charge in [-0.15, -0.1) is 0 Å². The summed E-state index contributed by atoms with van der Waals surface area (Å²) < 4.78 is 5.35. The molecular weight excluding hydrogens is 240 g/mol. The third kappa shape index (κ3) is 4.47. The highest BCUT2D eigenvalue weighted by Crippen LogP contribution is 2.23. The van der Waals surface area contributed by atoms with Crippen molar-refractivity contribution in [2.75, 3.05) is 18.9 Å². The smallest absolute Gasteiger partial charge is 0.251 e. The molecule has 0 saturated heterocycles. The molecule has 4 heteroatoms. The molecule has 0 spiro atoms. The van der Waals surface area contributed by atoms with E-state index in [2.05, 4.69) is 26.1 Å². The summed E-state index contributed by atoms with van der Waals surface area (Å²) >= 11 is 0. The number of hydrogen-bond acceptors (Lipinski definition) is 3. The van der Waals surface area contributed by atoms with Crippen LogP contribution in [-0.2, 0) is 0 Å². The quantitative estimate of drug-likeness (QED) is 0.776. The van der Waals surface area contributed by atoms with Gasteiger partial charge >= 0.3 is 0 Å². The van der Waals surface area contributed by atoms with Gasteiger partial charge in [-0.3, -0.25) is 4.79 Å². The number of nitrogens with two attached hydrogens (primary N) is 1. The molecule has 1 rings (SSSR count). The zero-order valence-electron chi connectivity index (χ0n) is 12.2. The molecule has 4 nitrogen and oxygen atoms in total. The Bertz CT molecular complexity index is 442. The van der Waals surface area contributed by atoms with Gasteiger partial charge in [-0.25, -0.2) is 0 Å². The van der Waals surface area contributed by atoms with Crippen molar-refractivity contribution in [3.8, 4) is 5.75 Å². The number of carbonyl (C=O) groups excluding carboxylic acids is 1. The highest BCUT2D eigenvalue weighted by molar-refractivity contribution is 5.95. The predicted octanol–water partition coefficient (Wildman–Crippen LogP) is 2.83. The van der Waals surface area contributed by atoms with Crippen molar-refractivity contribution in [1.82, 2.24) is 5.32 Å². The largest absolute Gasteiger partial charge is 0.492 e. The zero-order valence-corrected chi connectivity index (χ0v) is 12.2. The van der Waals surface area contributed by atoms with E-state index in [1.165, 1.54) is 0 Å². The van der Waals surface area contributed by atoms with Crippen molar-refractivity contribution in [2.45, 2.75) is 34.1 Å². The Kier molecular flexibility index (Phi) is 5.21. The van der Waals surface area contributed by atoms with Crippen molar-refractivity contribution in [3.63, 3.8) is 0 Å². The summed E-state index contributed by atoms with van der Waals surface area (Å²) in [7, 11) is 0. The van der Waals surface area contributed by atoms with Crippen molar-refractivity contribution in [2.24, 2.45) is 5.41 Å². The minimum Gasteiger partial charge on any atom is -0.492 e.